The molecule has 0 aliphatic carbocycles. The molecule has 1 heterocycles. The Morgan fingerprint density at radius 1 is 1.10 bits per heavy atom. The van der Waals surface area contributed by atoms with Gasteiger partial charge in [0.25, 0.3) is 0 Å². The molecule has 0 spiro atoms. The molecular weight excluding hydrogens is 371 g/mol. The van der Waals surface area contributed by atoms with Crippen LogP contribution in [0.1, 0.15) is 36.5 Å². The first-order valence-corrected chi connectivity index (χ1v) is 9.85. The maximum Gasteiger partial charge on any atom is 0.217 e. The minimum absolute atomic E-state index is 0.0708. The molecule has 1 aliphatic rings. The molecule has 0 bridgehead atoms. The maximum atomic E-state index is 13.4. The van der Waals surface area contributed by atoms with Gasteiger partial charge in [0.05, 0.1) is 19.8 Å². The van der Waals surface area contributed by atoms with Crippen molar-refractivity contribution >= 4 is 5.91 Å². The number of rotatable bonds is 6. The van der Waals surface area contributed by atoms with Crippen molar-refractivity contribution in [1.82, 2.24) is 10.2 Å². The molecule has 0 atom stereocenters. The Kier molecular flexibility index (Phi) is 6.42. The summed E-state index contributed by atoms with van der Waals surface area (Å²) in [5, 5.41) is 3.14. The van der Waals surface area contributed by atoms with E-state index in [1.54, 1.807) is 26.4 Å². The molecule has 1 aliphatic heterocycles. The number of hydrogen-bond donors (Lipinski definition) is 1. The topological polar surface area (TPSA) is 50.8 Å². The first-order chi connectivity index (χ1) is 13.9. The van der Waals surface area contributed by atoms with Crippen molar-refractivity contribution in [3.05, 3.63) is 58.9 Å². The van der Waals surface area contributed by atoms with Crippen molar-refractivity contribution in [2.75, 3.05) is 27.3 Å². The number of ether oxygens (including phenoxy) is 2. The number of amides is 1. The van der Waals surface area contributed by atoms with Crippen LogP contribution >= 0.6 is 0 Å². The number of halogens is 1. The summed E-state index contributed by atoms with van der Waals surface area (Å²) in [5.41, 5.74) is 2.84. The number of nitrogens with zero attached hydrogens (tertiary/aromatic N) is 1. The number of nitrogens with one attached hydrogen (secondary N) is 1. The van der Waals surface area contributed by atoms with E-state index in [9.17, 15) is 9.18 Å². The van der Waals surface area contributed by atoms with Gasteiger partial charge in [-0.2, -0.15) is 0 Å². The van der Waals surface area contributed by atoms with Crippen LogP contribution in [0.5, 0.6) is 11.5 Å². The van der Waals surface area contributed by atoms with Crippen LogP contribution in [-0.2, 0) is 16.9 Å². The Balaban J connectivity index is 1.76. The molecule has 0 aromatic heterocycles. The lowest BCUT2D eigenvalue weighted by molar-refractivity contribution is -0.121. The van der Waals surface area contributed by atoms with Gasteiger partial charge in [0, 0.05) is 26.6 Å². The van der Waals surface area contributed by atoms with E-state index < -0.39 is 5.54 Å². The Labute approximate surface area is 171 Å². The highest BCUT2D eigenvalue weighted by molar-refractivity contribution is 5.74. The standard InChI is InChI=1S/C23H29FN2O3/c1-16-13-21(28-3)22(29-4)14-18(16)15-26-11-9-23(10-12-26,25-17(2)27)19-5-7-20(24)8-6-19/h5-8,13-14H,9-12,15H2,1-4H3,(H,25,27). The SMILES string of the molecule is COc1cc(C)c(CN2CCC(NC(C)=O)(c3ccc(F)cc3)CC2)cc1OC. The zero-order valence-corrected chi connectivity index (χ0v) is 17.5. The van der Waals surface area contributed by atoms with Crippen molar-refractivity contribution in [3.63, 3.8) is 0 Å². The van der Waals surface area contributed by atoms with Crippen LogP contribution in [0.15, 0.2) is 36.4 Å². The third kappa shape index (κ3) is 4.70. The minimum atomic E-state index is -0.456. The van der Waals surface area contributed by atoms with Crippen LogP contribution in [0.4, 0.5) is 4.39 Å². The lowest BCUT2D eigenvalue weighted by atomic mass is 9.80. The Morgan fingerprint density at radius 2 is 1.69 bits per heavy atom. The molecule has 0 saturated carbocycles. The summed E-state index contributed by atoms with van der Waals surface area (Å²) in [5.74, 6) is 1.11. The van der Waals surface area contributed by atoms with Gasteiger partial charge in [0.1, 0.15) is 5.82 Å². The number of carbonyl (C=O) groups excluding carboxylic acids is 1. The molecule has 1 amide bonds. The highest BCUT2D eigenvalue weighted by atomic mass is 19.1. The summed E-state index contributed by atoms with van der Waals surface area (Å²) in [4.78, 5) is 14.3. The second-order valence-corrected chi connectivity index (χ2v) is 7.68. The predicted octanol–water partition coefficient (Wildman–Crippen LogP) is 3.78. The number of benzene rings is 2. The number of hydrogen-bond acceptors (Lipinski definition) is 4. The van der Waals surface area contributed by atoms with Crippen LogP contribution in [0.25, 0.3) is 0 Å². The summed E-state index contributed by atoms with van der Waals surface area (Å²) in [6, 6.07) is 10.5. The maximum absolute atomic E-state index is 13.4. The first kappa shape index (κ1) is 21.1. The van der Waals surface area contributed by atoms with Gasteiger partial charge in [-0.05, 0) is 60.7 Å². The average molecular weight is 400 g/mol. The van der Waals surface area contributed by atoms with Gasteiger partial charge in [-0.3, -0.25) is 9.69 Å². The molecular formula is C23H29FN2O3. The summed E-state index contributed by atoms with van der Waals surface area (Å²) in [6.07, 6.45) is 1.54. The smallest absolute Gasteiger partial charge is 0.217 e. The molecule has 1 saturated heterocycles. The molecule has 5 nitrogen and oxygen atoms in total. The molecule has 2 aromatic carbocycles. The van der Waals surface area contributed by atoms with E-state index in [1.807, 2.05) is 12.1 Å². The lowest BCUT2D eigenvalue weighted by Gasteiger charge is -2.43. The van der Waals surface area contributed by atoms with Crippen LogP contribution < -0.4 is 14.8 Å². The molecule has 1 fully saturated rings. The van der Waals surface area contributed by atoms with E-state index in [1.165, 1.54) is 24.6 Å². The second-order valence-electron chi connectivity index (χ2n) is 7.68. The van der Waals surface area contributed by atoms with E-state index in [0.29, 0.717) is 0 Å². The monoisotopic (exact) mass is 400 g/mol. The van der Waals surface area contributed by atoms with Gasteiger partial charge in [0.15, 0.2) is 11.5 Å². The minimum Gasteiger partial charge on any atom is -0.493 e. The Hall–Kier alpha value is -2.60. The predicted molar refractivity (Wildman–Crippen MR) is 111 cm³/mol. The van der Waals surface area contributed by atoms with Gasteiger partial charge >= 0.3 is 0 Å². The van der Waals surface area contributed by atoms with Crippen molar-refractivity contribution in [2.45, 2.75) is 38.8 Å². The van der Waals surface area contributed by atoms with E-state index in [0.717, 1.165) is 55.1 Å². The van der Waals surface area contributed by atoms with Crippen LogP contribution in [0, 0.1) is 12.7 Å². The number of piperidine rings is 1. The zero-order valence-electron chi connectivity index (χ0n) is 17.5. The average Bonchev–Trinajstić information content (AvgIpc) is 2.70. The van der Waals surface area contributed by atoms with Gasteiger partial charge in [0.2, 0.25) is 5.91 Å². The molecule has 1 N–H and O–H groups in total. The fraction of sp³-hybridized carbons (Fsp3) is 0.435. The fourth-order valence-corrected chi connectivity index (χ4v) is 4.12. The number of aryl methyl sites for hydroxylation is 1. The lowest BCUT2D eigenvalue weighted by Crippen LogP contribution is -2.52. The normalized spacial score (nSPS) is 16.3. The van der Waals surface area contributed by atoms with Crippen LogP contribution in [0.3, 0.4) is 0 Å². The molecule has 156 valence electrons. The molecule has 3 rings (SSSR count). The first-order valence-electron chi connectivity index (χ1n) is 9.85. The van der Waals surface area contributed by atoms with Crippen molar-refractivity contribution in [2.24, 2.45) is 0 Å². The van der Waals surface area contributed by atoms with E-state index in [4.69, 9.17) is 9.47 Å². The second kappa shape index (κ2) is 8.82. The summed E-state index contributed by atoms with van der Waals surface area (Å²) >= 11 is 0. The molecule has 6 heteroatoms. The largest absolute Gasteiger partial charge is 0.493 e. The van der Waals surface area contributed by atoms with Gasteiger partial charge in [-0.15, -0.1) is 0 Å². The quantitative estimate of drug-likeness (QED) is 0.802. The van der Waals surface area contributed by atoms with E-state index >= 15 is 0 Å². The Bertz CT molecular complexity index is 859. The van der Waals surface area contributed by atoms with E-state index in [2.05, 4.69) is 17.1 Å². The van der Waals surface area contributed by atoms with Gasteiger partial charge < -0.3 is 14.8 Å². The van der Waals surface area contributed by atoms with Gasteiger partial charge in [-0.25, -0.2) is 4.39 Å². The highest BCUT2D eigenvalue weighted by Gasteiger charge is 2.37. The molecule has 2 aromatic rings. The number of methoxy groups -OCH3 is 2. The number of carbonyl (C=O) groups is 1. The Morgan fingerprint density at radius 3 is 2.24 bits per heavy atom. The summed E-state index contributed by atoms with van der Waals surface area (Å²) < 4.78 is 24.2. The third-order valence-electron chi connectivity index (χ3n) is 5.76. The summed E-state index contributed by atoms with van der Waals surface area (Å²) in [7, 11) is 3.28. The van der Waals surface area contributed by atoms with Gasteiger partial charge in [-0.1, -0.05) is 12.1 Å². The van der Waals surface area contributed by atoms with Crippen LogP contribution in [-0.4, -0.2) is 38.1 Å². The van der Waals surface area contributed by atoms with Crippen molar-refractivity contribution in [3.8, 4) is 11.5 Å². The number of likely N-dealkylation sites (tertiary alicyclic amines) is 1. The molecule has 0 unspecified atom stereocenters. The zero-order chi connectivity index (χ0) is 21.0. The van der Waals surface area contributed by atoms with Crippen molar-refractivity contribution < 1.29 is 18.7 Å². The van der Waals surface area contributed by atoms with E-state index in [-0.39, 0.29) is 11.7 Å². The van der Waals surface area contributed by atoms with Crippen molar-refractivity contribution in [1.29, 1.82) is 0 Å². The fourth-order valence-electron chi connectivity index (χ4n) is 4.12. The third-order valence-corrected chi connectivity index (χ3v) is 5.76. The molecule has 29 heavy (non-hydrogen) atoms. The molecule has 0 radical (unpaired) electrons. The summed E-state index contributed by atoms with van der Waals surface area (Å²) in [6.45, 7) is 6.05. The van der Waals surface area contributed by atoms with Crippen LogP contribution in [0.2, 0.25) is 0 Å². The highest BCUT2D eigenvalue weighted by Crippen LogP contribution is 2.35.